The first-order chi connectivity index (χ1) is 10.5. The standard InChI is InChI=1S/C17H23NO4/c1-11(2)15-10-14(6-7-22-15)18-16(19)9-12-4-3-5-13(8-12)17(20)21/h3-5,8,11,14-15H,6-7,9-10H2,1-2H3,(H,18,19)(H,20,21). The lowest BCUT2D eigenvalue weighted by Crippen LogP contribution is -2.43. The number of carbonyl (C=O) groups is 2. The van der Waals surface area contributed by atoms with Gasteiger partial charge >= 0.3 is 5.97 Å². The Hall–Kier alpha value is -1.88. The summed E-state index contributed by atoms with van der Waals surface area (Å²) in [6.45, 7) is 4.90. The molecule has 1 aliphatic rings. The molecule has 120 valence electrons. The Balaban J connectivity index is 1.90. The van der Waals surface area contributed by atoms with Gasteiger partial charge in [0.05, 0.1) is 18.1 Å². The average molecular weight is 305 g/mol. The van der Waals surface area contributed by atoms with Gasteiger partial charge in [-0.3, -0.25) is 4.79 Å². The highest BCUT2D eigenvalue weighted by Gasteiger charge is 2.25. The van der Waals surface area contributed by atoms with Crippen LogP contribution in [0.3, 0.4) is 0 Å². The largest absolute Gasteiger partial charge is 0.478 e. The molecular formula is C17H23NO4. The number of aromatic carboxylic acids is 1. The molecule has 5 nitrogen and oxygen atoms in total. The third-order valence-corrected chi connectivity index (χ3v) is 3.96. The molecule has 1 aromatic rings. The minimum absolute atomic E-state index is 0.0723. The van der Waals surface area contributed by atoms with Crippen molar-refractivity contribution in [3.8, 4) is 0 Å². The fraction of sp³-hybridized carbons (Fsp3) is 0.529. The molecule has 2 unspecified atom stereocenters. The third kappa shape index (κ3) is 4.56. The van der Waals surface area contributed by atoms with Gasteiger partial charge in [0, 0.05) is 12.6 Å². The Kier molecular flexibility index (Phi) is 5.55. The van der Waals surface area contributed by atoms with Gasteiger partial charge in [0.2, 0.25) is 5.91 Å². The van der Waals surface area contributed by atoms with E-state index in [4.69, 9.17) is 9.84 Å². The van der Waals surface area contributed by atoms with E-state index < -0.39 is 5.97 Å². The highest BCUT2D eigenvalue weighted by molar-refractivity contribution is 5.88. The number of ether oxygens (including phenoxy) is 1. The monoisotopic (exact) mass is 305 g/mol. The molecule has 1 fully saturated rings. The van der Waals surface area contributed by atoms with Crippen molar-refractivity contribution in [3.05, 3.63) is 35.4 Å². The molecule has 2 N–H and O–H groups in total. The summed E-state index contributed by atoms with van der Waals surface area (Å²) >= 11 is 0. The van der Waals surface area contributed by atoms with Crippen LogP contribution < -0.4 is 5.32 Å². The minimum atomic E-state index is -0.980. The van der Waals surface area contributed by atoms with Crippen LogP contribution in [0.2, 0.25) is 0 Å². The van der Waals surface area contributed by atoms with E-state index in [0.29, 0.717) is 18.1 Å². The van der Waals surface area contributed by atoms with Crippen LogP contribution in [0.4, 0.5) is 0 Å². The van der Waals surface area contributed by atoms with Crippen LogP contribution in [0.5, 0.6) is 0 Å². The van der Waals surface area contributed by atoms with Gasteiger partial charge in [-0.2, -0.15) is 0 Å². The summed E-state index contributed by atoms with van der Waals surface area (Å²) in [4.78, 5) is 23.1. The number of hydrogen-bond acceptors (Lipinski definition) is 3. The first kappa shape index (κ1) is 16.5. The Morgan fingerprint density at radius 3 is 2.86 bits per heavy atom. The zero-order chi connectivity index (χ0) is 16.1. The van der Waals surface area contributed by atoms with Crippen LogP contribution in [0.25, 0.3) is 0 Å². The summed E-state index contributed by atoms with van der Waals surface area (Å²) in [5.74, 6) is -0.615. The smallest absolute Gasteiger partial charge is 0.335 e. The minimum Gasteiger partial charge on any atom is -0.478 e. The number of nitrogens with one attached hydrogen (secondary N) is 1. The van der Waals surface area contributed by atoms with Gasteiger partial charge in [-0.05, 0) is 36.5 Å². The summed E-state index contributed by atoms with van der Waals surface area (Å²) in [5.41, 5.74) is 0.918. The molecule has 0 aliphatic carbocycles. The number of benzene rings is 1. The zero-order valence-electron chi connectivity index (χ0n) is 13.0. The second-order valence-electron chi connectivity index (χ2n) is 6.12. The Morgan fingerprint density at radius 2 is 2.18 bits per heavy atom. The summed E-state index contributed by atoms with van der Waals surface area (Å²) in [6.07, 6.45) is 2.04. The molecular weight excluding hydrogens is 282 g/mol. The van der Waals surface area contributed by atoms with Crippen molar-refractivity contribution in [3.63, 3.8) is 0 Å². The number of carbonyl (C=O) groups excluding carboxylic acids is 1. The Bertz CT molecular complexity index is 541. The molecule has 1 amide bonds. The zero-order valence-corrected chi connectivity index (χ0v) is 13.0. The first-order valence-electron chi connectivity index (χ1n) is 7.69. The second-order valence-corrected chi connectivity index (χ2v) is 6.12. The maximum absolute atomic E-state index is 12.1. The van der Waals surface area contributed by atoms with Crippen LogP contribution in [-0.2, 0) is 16.0 Å². The number of carboxylic acids is 1. The van der Waals surface area contributed by atoms with E-state index >= 15 is 0 Å². The first-order valence-corrected chi connectivity index (χ1v) is 7.69. The van der Waals surface area contributed by atoms with E-state index in [1.54, 1.807) is 18.2 Å². The van der Waals surface area contributed by atoms with Crippen LogP contribution in [-0.4, -0.2) is 35.7 Å². The summed E-state index contributed by atoms with van der Waals surface area (Å²) in [6, 6.07) is 6.64. The molecule has 5 heteroatoms. The van der Waals surface area contributed by atoms with Crippen molar-refractivity contribution in [2.24, 2.45) is 5.92 Å². The van der Waals surface area contributed by atoms with Gasteiger partial charge < -0.3 is 15.2 Å². The molecule has 22 heavy (non-hydrogen) atoms. The van der Waals surface area contributed by atoms with Crippen molar-refractivity contribution < 1.29 is 19.4 Å². The summed E-state index contributed by atoms with van der Waals surface area (Å²) in [7, 11) is 0. The molecule has 0 bridgehead atoms. The van der Waals surface area contributed by atoms with Crippen LogP contribution in [0.1, 0.15) is 42.6 Å². The third-order valence-electron chi connectivity index (χ3n) is 3.96. The number of hydrogen-bond donors (Lipinski definition) is 2. The molecule has 2 rings (SSSR count). The van der Waals surface area contributed by atoms with Gasteiger partial charge in [-0.25, -0.2) is 4.79 Å². The van der Waals surface area contributed by atoms with E-state index in [9.17, 15) is 9.59 Å². The quantitative estimate of drug-likeness (QED) is 0.875. The van der Waals surface area contributed by atoms with Crippen LogP contribution in [0, 0.1) is 5.92 Å². The van der Waals surface area contributed by atoms with Crippen molar-refractivity contribution in [2.75, 3.05) is 6.61 Å². The van der Waals surface area contributed by atoms with Gasteiger partial charge in [0.1, 0.15) is 0 Å². The van der Waals surface area contributed by atoms with E-state index in [-0.39, 0.29) is 30.0 Å². The molecule has 1 aliphatic heterocycles. The second kappa shape index (κ2) is 7.40. The van der Waals surface area contributed by atoms with Gasteiger partial charge in [0.15, 0.2) is 0 Å². The van der Waals surface area contributed by atoms with Gasteiger partial charge in [-0.15, -0.1) is 0 Å². The lowest BCUT2D eigenvalue weighted by molar-refractivity contribution is -0.122. The molecule has 0 spiro atoms. The number of carboxylic acid groups (broad SMARTS) is 1. The molecule has 2 atom stereocenters. The Labute approximate surface area is 130 Å². The SMILES string of the molecule is CC(C)C1CC(NC(=O)Cc2cccc(C(=O)O)c2)CCO1. The molecule has 1 heterocycles. The molecule has 0 aromatic heterocycles. The topological polar surface area (TPSA) is 75.6 Å². The molecule has 0 saturated carbocycles. The predicted molar refractivity (Wildman–Crippen MR) is 82.8 cm³/mol. The predicted octanol–water partition coefficient (Wildman–Crippen LogP) is 2.25. The summed E-state index contributed by atoms with van der Waals surface area (Å²) < 4.78 is 5.69. The van der Waals surface area contributed by atoms with E-state index in [1.165, 1.54) is 6.07 Å². The fourth-order valence-corrected chi connectivity index (χ4v) is 2.70. The number of amides is 1. The van der Waals surface area contributed by atoms with E-state index in [0.717, 1.165) is 12.8 Å². The Morgan fingerprint density at radius 1 is 1.41 bits per heavy atom. The molecule has 1 aromatic carbocycles. The lowest BCUT2D eigenvalue weighted by Gasteiger charge is -2.32. The number of rotatable bonds is 5. The van der Waals surface area contributed by atoms with Crippen molar-refractivity contribution in [1.29, 1.82) is 0 Å². The van der Waals surface area contributed by atoms with Crippen LogP contribution >= 0.6 is 0 Å². The maximum Gasteiger partial charge on any atom is 0.335 e. The lowest BCUT2D eigenvalue weighted by atomic mass is 9.95. The van der Waals surface area contributed by atoms with Crippen molar-refractivity contribution in [2.45, 2.75) is 45.3 Å². The highest BCUT2D eigenvalue weighted by Crippen LogP contribution is 2.20. The van der Waals surface area contributed by atoms with E-state index in [1.807, 2.05) is 0 Å². The summed E-state index contributed by atoms with van der Waals surface area (Å²) in [5, 5.41) is 12.0. The highest BCUT2D eigenvalue weighted by atomic mass is 16.5. The maximum atomic E-state index is 12.1. The average Bonchev–Trinajstić information content (AvgIpc) is 2.47. The van der Waals surface area contributed by atoms with E-state index in [2.05, 4.69) is 19.2 Å². The fourth-order valence-electron chi connectivity index (χ4n) is 2.70. The normalized spacial score (nSPS) is 21.6. The molecule has 1 saturated heterocycles. The van der Waals surface area contributed by atoms with Crippen molar-refractivity contribution >= 4 is 11.9 Å². The van der Waals surface area contributed by atoms with Gasteiger partial charge in [-0.1, -0.05) is 26.0 Å². The molecule has 0 radical (unpaired) electrons. The van der Waals surface area contributed by atoms with Crippen molar-refractivity contribution in [1.82, 2.24) is 5.32 Å². The van der Waals surface area contributed by atoms with Gasteiger partial charge in [0.25, 0.3) is 0 Å². The van der Waals surface area contributed by atoms with Crippen LogP contribution in [0.15, 0.2) is 24.3 Å².